The van der Waals surface area contributed by atoms with E-state index in [0.29, 0.717) is 11.6 Å². The van der Waals surface area contributed by atoms with Gasteiger partial charge in [0, 0.05) is 11.7 Å². The summed E-state index contributed by atoms with van der Waals surface area (Å²) >= 11 is 0. The molecule has 1 aliphatic rings. The largest absolute Gasteiger partial charge is 0.465 e. The molecule has 0 bridgehead atoms. The zero-order valence-corrected chi connectivity index (χ0v) is 12.9. The lowest BCUT2D eigenvalue weighted by molar-refractivity contribution is 0.0600. The zero-order valence-electron chi connectivity index (χ0n) is 12.9. The molecule has 1 aliphatic carbocycles. The van der Waals surface area contributed by atoms with Gasteiger partial charge in [0.05, 0.1) is 12.7 Å². The Kier molecular flexibility index (Phi) is 4.69. The fourth-order valence-corrected chi connectivity index (χ4v) is 3.36. The van der Waals surface area contributed by atoms with E-state index in [2.05, 4.69) is 19.2 Å². The average Bonchev–Trinajstić information content (AvgIpc) is 2.39. The Morgan fingerprint density at radius 2 is 1.85 bits per heavy atom. The minimum absolute atomic E-state index is 0.278. The summed E-state index contributed by atoms with van der Waals surface area (Å²) in [6.07, 6.45) is 3.78. The Labute approximate surface area is 121 Å². The summed E-state index contributed by atoms with van der Waals surface area (Å²) in [4.78, 5) is 11.5. The van der Waals surface area contributed by atoms with Crippen molar-refractivity contribution >= 4 is 11.7 Å². The summed E-state index contributed by atoms with van der Waals surface area (Å²) in [5, 5.41) is 3.64. The van der Waals surface area contributed by atoms with Crippen LogP contribution >= 0.6 is 0 Å². The van der Waals surface area contributed by atoms with Crippen molar-refractivity contribution in [1.82, 2.24) is 0 Å². The maximum Gasteiger partial charge on any atom is 0.337 e. The lowest BCUT2D eigenvalue weighted by Crippen LogP contribution is -2.30. The summed E-state index contributed by atoms with van der Waals surface area (Å²) in [5.41, 5.74) is 2.84. The molecule has 20 heavy (non-hydrogen) atoms. The molecular weight excluding hydrogens is 250 g/mol. The molecule has 0 aromatic heterocycles. The Balaban J connectivity index is 2.08. The van der Waals surface area contributed by atoms with Crippen LogP contribution in [0.1, 0.15) is 49.0 Å². The molecule has 1 N–H and O–H groups in total. The molecule has 0 amide bonds. The molecule has 0 spiro atoms. The van der Waals surface area contributed by atoms with E-state index in [9.17, 15) is 4.79 Å². The SMILES string of the molecule is COC(=O)c1ccc(NC2CC(C)CC(C)C2)c(C)c1. The van der Waals surface area contributed by atoms with Crippen LogP contribution in [0, 0.1) is 18.8 Å². The number of anilines is 1. The van der Waals surface area contributed by atoms with Crippen LogP contribution < -0.4 is 5.32 Å². The number of ether oxygens (including phenoxy) is 1. The van der Waals surface area contributed by atoms with E-state index in [-0.39, 0.29) is 5.97 Å². The summed E-state index contributed by atoms with van der Waals surface area (Å²) in [6, 6.07) is 6.25. The third-order valence-electron chi connectivity index (χ3n) is 4.19. The smallest absolute Gasteiger partial charge is 0.337 e. The molecule has 3 nitrogen and oxygen atoms in total. The van der Waals surface area contributed by atoms with Crippen LogP contribution in [-0.4, -0.2) is 19.1 Å². The number of hydrogen-bond acceptors (Lipinski definition) is 3. The quantitative estimate of drug-likeness (QED) is 0.847. The van der Waals surface area contributed by atoms with Crippen molar-refractivity contribution in [3.8, 4) is 0 Å². The molecule has 3 heteroatoms. The molecular formula is C17H25NO2. The van der Waals surface area contributed by atoms with Crippen LogP contribution in [0.5, 0.6) is 0 Å². The van der Waals surface area contributed by atoms with Gasteiger partial charge in [-0.25, -0.2) is 4.79 Å². The third-order valence-corrected chi connectivity index (χ3v) is 4.19. The number of carbonyl (C=O) groups is 1. The van der Waals surface area contributed by atoms with E-state index in [1.807, 2.05) is 25.1 Å². The number of hydrogen-bond donors (Lipinski definition) is 1. The van der Waals surface area contributed by atoms with Crippen LogP contribution in [-0.2, 0) is 4.74 Å². The lowest BCUT2D eigenvalue weighted by Gasteiger charge is -2.33. The van der Waals surface area contributed by atoms with Crippen LogP contribution in [0.3, 0.4) is 0 Å². The molecule has 110 valence electrons. The van der Waals surface area contributed by atoms with Crippen molar-refractivity contribution in [1.29, 1.82) is 0 Å². The van der Waals surface area contributed by atoms with E-state index < -0.39 is 0 Å². The Bertz CT molecular complexity index is 474. The fraction of sp³-hybridized carbons (Fsp3) is 0.588. The minimum Gasteiger partial charge on any atom is -0.465 e. The van der Waals surface area contributed by atoms with Crippen LogP contribution in [0.25, 0.3) is 0 Å². The van der Waals surface area contributed by atoms with Gasteiger partial charge in [-0.1, -0.05) is 13.8 Å². The minimum atomic E-state index is -0.278. The summed E-state index contributed by atoms with van der Waals surface area (Å²) < 4.78 is 4.75. The maximum absolute atomic E-state index is 11.5. The van der Waals surface area contributed by atoms with Gasteiger partial charge in [0.2, 0.25) is 0 Å². The normalized spacial score (nSPS) is 26.1. The van der Waals surface area contributed by atoms with Crippen molar-refractivity contribution in [2.24, 2.45) is 11.8 Å². The van der Waals surface area contributed by atoms with Gasteiger partial charge in [-0.3, -0.25) is 0 Å². The molecule has 1 aromatic carbocycles. The second-order valence-electron chi connectivity index (χ2n) is 6.28. The highest BCUT2D eigenvalue weighted by atomic mass is 16.5. The second-order valence-corrected chi connectivity index (χ2v) is 6.28. The van der Waals surface area contributed by atoms with Crippen LogP contribution in [0.4, 0.5) is 5.69 Å². The highest BCUT2D eigenvalue weighted by Gasteiger charge is 2.24. The van der Waals surface area contributed by atoms with Crippen LogP contribution in [0.15, 0.2) is 18.2 Å². The number of nitrogens with one attached hydrogen (secondary N) is 1. The van der Waals surface area contributed by atoms with E-state index in [0.717, 1.165) is 23.1 Å². The zero-order chi connectivity index (χ0) is 14.7. The van der Waals surface area contributed by atoms with Gasteiger partial charge < -0.3 is 10.1 Å². The van der Waals surface area contributed by atoms with Crippen molar-refractivity contribution in [2.45, 2.75) is 46.1 Å². The molecule has 1 saturated carbocycles. The number of benzene rings is 1. The van der Waals surface area contributed by atoms with Gasteiger partial charge in [-0.05, 0) is 61.8 Å². The summed E-state index contributed by atoms with van der Waals surface area (Å²) in [5.74, 6) is 1.29. The molecule has 0 radical (unpaired) electrons. The molecule has 0 saturated heterocycles. The number of rotatable bonds is 3. The molecule has 0 aliphatic heterocycles. The van der Waals surface area contributed by atoms with Gasteiger partial charge in [0.1, 0.15) is 0 Å². The summed E-state index contributed by atoms with van der Waals surface area (Å²) in [6.45, 7) is 6.69. The van der Waals surface area contributed by atoms with Gasteiger partial charge in [-0.2, -0.15) is 0 Å². The first-order valence-electron chi connectivity index (χ1n) is 7.45. The molecule has 2 unspecified atom stereocenters. The predicted molar refractivity (Wildman–Crippen MR) is 82.1 cm³/mol. The van der Waals surface area contributed by atoms with Crippen molar-refractivity contribution in [3.05, 3.63) is 29.3 Å². The van der Waals surface area contributed by atoms with E-state index in [1.54, 1.807) is 0 Å². The first-order chi connectivity index (χ1) is 9.49. The summed E-state index contributed by atoms with van der Waals surface area (Å²) in [7, 11) is 1.41. The monoisotopic (exact) mass is 275 g/mol. The number of carbonyl (C=O) groups excluding carboxylic acids is 1. The van der Waals surface area contributed by atoms with Gasteiger partial charge in [-0.15, -0.1) is 0 Å². The maximum atomic E-state index is 11.5. The fourth-order valence-electron chi connectivity index (χ4n) is 3.36. The van der Waals surface area contributed by atoms with Gasteiger partial charge >= 0.3 is 5.97 Å². The Morgan fingerprint density at radius 3 is 2.40 bits per heavy atom. The average molecular weight is 275 g/mol. The van der Waals surface area contributed by atoms with E-state index in [4.69, 9.17) is 4.74 Å². The topological polar surface area (TPSA) is 38.3 Å². The van der Waals surface area contributed by atoms with Gasteiger partial charge in [0.25, 0.3) is 0 Å². The highest BCUT2D eigenvalue weighted by Crippen LogP contribution is 2.31. The number of methoxy groups -OCH3 is 1. The standard InChI is InChI=1S/C17H25NO2/c1-11-7-12(2)9-15(8-11)18-16-6-5-14(10-13(16)3)17(19)20-4/h5-6,10-12,15,18H,7-9H2,1-4H3. The Hall–Kier alpha value is -1.51. The molecule has 2 rings (SSSR count). The van der Waals surface area contributed by atoms with Crippen molar-refractivity contribution in [3.63, 3.8) is 0 Å². The first kappa shape index (κ1) is 14.9. The third kappa shape index (κ3) is 3.53. The Morgan fingerprint density at radius 1 is 1.20 bits per heavy atom. The number of esters is 1. The first-order valence-corrected chi connectivity index (χ1v) is 7.45. The molecule has 1 aromatic rings. The highest BCUT2D eigenvalue weighted by molar-refractivity contribution is 5.90. The van der Waals surface area contributed by atoms with Crippen molar-refractivity contribution in [2.75, 3.05) is 12.4 Å². The lowest BCUT2D eigenvalue weighted by atomic mass is 9.80. The van der Waals surface area contributed by atoms with E-state index >= 15 is 0 Å². The van der Waals surface area contributed by atoms with Crippen LogP contribution in [0.2, 0.25) is 0 Å². The molecule has 0 heterocycles. The van der Waals surface area contributed by atoms with Crippen molar-refractivity contribution < 1.29 is 9.53 Å². The van der Waals surface area contributed by atoms with Gasteiger partial charge in [0.15, 0.2) is 0 Å². The predicted octanol–water partition coefficient (Wildman–Crippen LogP) is 4.02. The molecule has 2 atom stereocenters. The second kappa shape index (κ2) is 6.29. The number of aryl methyl sites for hydroxylation is 1. The molecule has 1 fully saturated rings. The van der Waals surface area contributed by atoms with E-state index in [1.165, 1.54) is 26.4 Å².